The Labute approximate surface area is 111 Å². The van der Waals surface area contributed by atoms with E-state index >= 15 is 0 Å². The maximum atomic E-state index is 5.18. The molecule has 100 valence electrons. The van der Waals surface area contributed by atoms with Crippen LogP contribution >= 0.6 is 0 Å². The zero-order chi connectivity index (χ0) is 13.0. The van der Waals surface area contributed by atoms with Crippen LogP contribution in [0.3, 0.4) is 0 Å². The number of hydrogen-bond donors (Lipinski definition) is 1. The highest BCUT2D eigenvalue weighted by Crippen LogP contribution is 2.25. The minimum Gasteiger partial charge on any atom is -0.497 e. The fraction of sp³-hybridized carbons (Fsp3) is 0.625. The van der Waals surface area contributed by atoms with Gasteiger partial charge in [0.1, 0.15) is 5.75 Å². The highest BCUT2D eigenvalue weighted by Gasteiger charge is 2.24. The van der Waals surface area contributed by atoms with Crippen molar-refractivity contribution in [2.75, 3.05) is 7.11 Å². The van der Waals surface area contributed by atoms with E-state index in [1.54, 1.807) is 7.11 Å². The summed E-state index contributed by atoms with van der Waals surface area (Å²) in [7, 11) is 1.71. The maximum absolute atomic E-state index is 5.18. The van der Waals surface area contributed by atoms with Gasteiger partial charge in [-0.25, -0.2) is 0 Å². The van der Waals surface area contributed by atoms with Gasteiger partial charge in [0.25, 0.3) is 0 Å². The molecule has 3 atom stereocenters. The van der Waals surface area contributed by atoms with Gasteiger partial charge >= 0.3 is 0 Å². The average Bonchev–Trinajstić information content (AvgIpc) is 2.76. The Morgan fingerprint density at radius 2 is 2.00 bits per heavy atom. The van der Waals surface area contributed by atoms with Gasteiger partial charge < -0.3 is 10.1 Å². The van der Waals surface area contributed by atoms with Crippen LogP contribution in [0.4, 0.5) is 0 Å². The molecular formula is C16H25NO. The number of benzene rings is 1. The Bertz CT molecular complexity index is 360. The predicted molar refractivity (Wildman–Crippen MR) is 76.1 cm³/mol. The van der Waals surface area contributed by atoms with Crippen molar-refractivity contribution in [2.24, 2.45) is 5.92 Å². The summed E-state index contributed by atoms with van der Waals surface area (Å²) in [6, 6.07) is 9.67. The van der Waals surface area contributed by atoms with Crippen molar-refractivity contribution < 1.29 is 4.74 Å². The number of hydrogen-bond acceptors (Lipinski definition) is 2. The van der Waals surface area contributed by atoms with E-state index in [9.17, 15) is 0 Å². The smallest absolute Gasteiger partial charge is 0.118 e. The minimum absolute atomic E-state index is 0.545. The summed E-state index contributed by atoms with van der Waals surface area (Å²) in [6.07, 6.45) is 5.20. The largest absolute Gasteiger partial charge is 0.497 e. The van der Waals surface area contributed by atoms with Crippen LogP contribution in [-0.4, -0.2) is 19.2 Å². The van der Waals surface area contributed by atoms with E-state index in [-0.39, 0.29) is 0 Å². The third-order valence-electron chi connectivity index (χ3n) is 4.06. The second-order valence-electron chi connectivity index (χ2n) is 5.63. The van der Waals surface area contributed by atoms with Crippen molar-refractivity contribution in [3.63, 3.8) is 0 Å². The summed E-state index contributed by atoms with van der Waals surface area (Å²) >= 11 is 0. The van der Waals surface area contributed by atoms with E-state index in [1.165, 1.54) is 24.8 Å². The quantitative estimate of drug-likeness (QED) is 0.861. The normalized spacial score (nSPS) is 25.1. The number of nitrogens with one attached hydrogen (secondary N) is 1. The van der Waals surface area contributed by atoms with Gasteiger partial charge in [-0.2, -0.15) is 0 Å². The van der Waals surface area contributed by atoms with Crippen LogP contribution in [0.5, 0.6) is 5.75 Å². The monoisotopic (exact) mass is 247 g/mol. The second kappa shape index (κ2) is 6.24. The number of ether oxygens (including phenoxy) is 1. The summed E-state index contributed by atoms with van der Waals surface area (Å²) in [5.74, 6) is 1.77. The summed E-state index contributed by atoms with van der Waals surface area (Å²) in [5, 5.41) is 3.77. The van der Waals surface area contributed by atoms with Crippen molar-refractivity contribution in [3.8, 4) is 5.75 Å². The molecule has 0 bridgehead atoms. The first kappa shape index (κ1) is 13.4. The molecule has 0 aromatic heterocycles. The van der Waals surface area contributed by atoms with E-state index in [4.69, 9.17) is 4.74 Å². The number of methoxy groups -OCH3 is 1. The molecule has 1 aromatic rings. The molecule has 0 saturated heterocycles. The molecule has 3 unspecified atom stereocenters. The van der Waals surface area contributed by atoms with Gasteiger partial charge in [0.2, 0.25) is 0 Å². The van der Waals surface area contributed by atoms with Crippen molar-refractivity contribution in [3.05, 3.63) is 29.8 Å². The third-order valence-corrected chi connectivity index (χ3v) is 4.06. The Morgan fingerprint density at radius 1 is 1.28 bits per heavy atom. The summed E-state index contributed by atoms with van der Waals surface area (Å²) < 4.78 is 5.18. The zero-order valence-corrected chi connectivity index (χ0v) is 11.8. The SMILES string of the molecule is COc1ccc(CC(C)NC2CCCC2C)cc1. The molecule has 2 nitrogen and oxygen atoms in total. The van der Waals surface area contributed by atoms with E-state index < -0.39 is 0 Å². The van der Waals surface area contributed by atoms with E-state index in [1.807, 2.05) is 12.1 Å². The van der Waals surface area contributed by atoms with Crippen LogP contribution in [0.2, 0.25) is 0 Å². The second-order valence-corrected chi connectivity index (χ2v) is 5.63. The molecule has 0 spiro atoms. The van der Waals surface area contributed by atoms with Crippen molar-refractivity contribution >= 4 is 0 Å². The average molecular weight is 247 g/mol. The highest BCUT2D eigenvalue weighted by molar-refractivity contribution is 5.27. The Morgan fingerprint density at radius 3 is 2.56 bits per heavy atom. The van der Waals surface area contributed by atoms with Gasteiger partial charge in [0.05, 0.1) is 7.11 Å². The van der Waals surface area contributed by atoms with Crippen molar-refractivity contribution in [1.29, 1.82) is 0 Å². The van der Waals surface area contributed by atoms with Crippen LogP contribution in [0.15, 0.2) is 24.3 Å². The standard InChI is InChI=1S/C16H25NO/c1-12-5-4-6-16(12)17-13(2)11-14-7-9-15(18-3)10-8-14/h7-10,12-13,16-17H,4-6,11H2,1-3H3. The third kappa shape index (κ3) is 3.49. The van der Waals surface area contributed by atoms with Gasteiger partial charge in [-0.1, -0.05) is 25.5 Å². The molecule has 1 N–H and O–H groups in total. The zero-order valence-electron chi connectivity index (χ0n) is 11.8. The molecule has 0 amide bonds. The fourth-order valence-corrected chi connectivity index (χ4v) is 2.93. The van der Waals surface area contributed by atoms with Gasteiger partial charge in [-0.05, 0) is 49.8 Å². The first-order valence-electron chi connectivity index (χ1n) is 7.08. The van der Waals surface area contributed by atoms with Gasteiger partial charge in [0, 0.05) is 12.1 Å². The topological polar surface area (TPSA) is 21.3 Å². The molecule has 2 heteroatoms. The lowest BCUT2D eigenvalue weighted by atomic mass is 10.0. The number of rotatable bonds is 5. The summed E-state index contributed by atoms with van der Waals surface area (Å²) in [6.45, 7) is 4.65. The lowest BCUT2D eigenvalue weighted by Crippen LogP contribution is -2.39. The van der Waals surface area contributed by atoms with E-state index in [0.717, 1.165) is 24.1 Å². The predicted octanol–water partition coefficient (Wildman–Crippen LogP) is 3.40. The molecule has 1 aliphatic carbocycles. The van der Waals surface area contributed by atoms with Crippen LogP contribution in [0.1, 0.15) is 38.7 Å². The molecular weight excluding hydrogens is 222 g/mol. The Kier molecular flexibility index (Phi) is 4.65. The molecule has 1 fully saturated rings. The molecule has 0 radical (unpaired) electrons. The Balaban J connectivity index is 1.84. The first-order chi connectivity index (χ1) is 8.69. The van der Waals surface area contributed by atoms with Crippen LogP contribution in [0.25, 0.3) is 0 Å². The van der Waals surface area contributed by atoms with Gasteiger partial charge in [-0.15, -0.1) is 0 Å². The lowest BCUT2D eigenvalue weighted by molar-refractivity contribution is 0.381. The van der Waals surface area contributed by atoms with E-state index in [0.29, 0.717) is 6.04 Å². The molecule has 0 aliphatic heterocycles. The Hall–Kier alpha value is -1.02. The molecule has 1 aliphatic rings. The van der Waals surface area contributed by atoms with E-state index in [2.05, 4.69) is 31.3 Å². The molecule has 18 heavy (non-hydrogen) atoms. The molecule has 1 saturated carbocycles. The van der Waals surface area contributed by atoms with Crippen molar-refractivity contribution in [2.45, 2.75) is 51.6 Å². The molecule has 0 heterocycles. The van der Waals surface area contributed by atoms with Crippen LogP contribution < -0.4 is 10.1 Å². The molecule has 2 rings (SSSR count). The van der Waals surface area contributed by atoms with Gasteiger partial charge in [0.15, 0.2) is 0 Å². The van der Waals surface area contributed by atoms with Crippen LogP contribution in [-0.2, 0) is 6.42 Å². The molecule has 1 aromatic carbocycles. The highest BCUT2D eigenvalue weighted by atomic mass is 16.5. The fourth-order valence-electron chi connectivity index (χ4n) is 2.93. The van der Waals surface area contributed by atoms with Gasteiger partial charge in [-0.3, -0.25) is 0 Å². The minimum atomic E-state index is 0.545. The maximum Gasteiger partial charge on any atom is 0.118 e. The van der Waals surface area contributed by atoms with Crippen LogP contribution in [0, 0.1) is 5.92 Å². The lowest BCUT2D eigenvalue weighted by Gasteiger charge is -2.23. The first-order valence-corrected chi connectivity index (χ1v) is 7.08. The van der Waals surface area contributed by atoms with Crippen molar-refractivity contribution in [1.82, 2.24) is 5.32 Å². The summed E-state index contributed by atoms with van der Waals surface area (Å²) in [4.78, 5) is 0. The summed E-state index contributed by atoms with van der Waals surface area (Å²) in [5.41, 5.74) is 1.38.